The number of carbonyl (C=O) groups is 1. The molecule has 1 fully saturated rings. The van der Waals surface area contributed by atoms with E-state index in [2.05, 4.69) is 15.1 Å². The molecule has 0 atom stereocenters. The van der Waals surface area contributed by atoms with Crippen LogP contribution in [0.1, 0.15) is 16.2 Å². The third-order valence-corrected chi connectivity index (χ3v) is 4.34. The van der Waals surface area contributed by atoms with Gasteiger partial charge in [0, 0.05) is 25.1 Å². The molecule has 0 radical (unpaired) electrons. The number of amides is 1. The number of hydrogen-bond acceptors (Lipinski definition) is 5. The van der Waals surface area contributed by atoms with Gasteiger partial charge in [0.1, 0.15) is 5.69 Å². The summed E-state index contributed by atoms with van der Waals surface area (Å²) < 4.78 is 1.47. The molecule has 0 spiro atoms. The van der Waals surface area contributed by atoms with Crippen molar-refractivity contribution in [2.45, 2.75) is 13.5 Å². The van der Waals surface area contributed by atoms with Crippen molar-refractivity contribution >= 4 is 16.9 Å². The summed E-state index contributed by atoms with van der Waals surface area (Å²) in [5.74, 6) is 0.100. The standard InChI is InChI=1S/C18H17N5O2/c1-12-6-7-17(24)23(21-12)11-13-9-22(10-13)18(25)16-8-19-14-4-2-3-5-15(14)20-16/h2-8,13H,9-11H2,1H3. The van der Waals surface area contributed by atoms with Gasteiger partial charge in [0.05, 0.1) is 29.5 Å². The zero-order valence-corrected chi connectivity index (χ0v) is 13.8. The highest BCUT2D eigenvalue weighted by atomic mass is 16.2. The second-order valence-electron chi connectivity index (χ2n) is 6.32. The summed E-state index contributed by atoms with van der Waals surface area (Å²) in [5.41, 5.74) is 2.52. The zero-order chi connectivity index (χ0) is 17.4. The maximum absolute atomic E-state index is 12.5. The Hall–Kier alpha value is -3.09. The Morgan fingerprint density at radius 2 is 1.92 bits per heavy atom. The number of carbonyl (C=O) groups excluding carboxylic acids is 1. The molecule has 1 aliphatic heterocycles. The summed E-state index contributed by atoms with van der Waals surface area (Å²) in [6.45, 7) is 3.56. The van der Waals surface area contributed by atoms with E-state index in [4.69, 9.17) is 0 Å². The van der Waals surface area contributed by atoms with Gasteiger partial charge in [-0.05, 0) is 25.1 Å². The summed E-state index contributed by atoms with van der Waals surface area (Å²) in [6.07, 6.45) is 1.52. The molecule has 3 aromatic rings. The normalized spacial score (nSPS) is 14.5. The minimum atomic E-state index is -0.126. The molecule has 1 aromatic carbocycles. The number of benzene rings is 1. The lowest BCUT2D eigenvalue weighted by Gasteiger charge is -2.38. The second kappa shape index (κ2) is 6.08. The van der Waals surface area contributed by atoms with Crippen molar-refractivity contribution < 1.29 is 4.79 Å². The lowest BCUT2D eigenvalue weighted by Crippen LogP contribution is -2.52. The van der Waals surface area contributed by atoms with Crippen LogP contribution in [0.3, 0.4) is 0 Å². The molecule has 0 bridgehead atoms. The quantitative estimate of drug-likeness (QED) is 0.720. The minimum absolute atomic E-state index is 0.115. The molecule has 0 unspecified atom stereocenters. The molecule has 25 heavy (non-hydrogen) atoms. The Labute approximate surface area is 143 Å². The van der Waals surface area contributed by atoms with Gasteiger partial charge in [0.25, 0.3) is 11.5 Å². The molecule has 3 heterocycles. The van der Waals surface area contributed by atoms with Gasteiger partial charge in [-0.1, -0.05) is 12.1 Å². The van der Waals surface area contributed by atoms with Gasteiger partial charge in [0.2, 0.25) is 0 Å². The molecule has 0 saturated carbocycles. The van der Waals surface area contributed by atoms with Crippen LogP contribution in [0.4, 0.5) is 0 Å². The SMILES string of the molecule is Cc1ccc(=O)n(CC2CN(C(=O)c3cnc4ccccc4n3)C2)n1. The smallest absolute Gasteiger partial charge is 0.274 e. The molecular formula is C18H17N5O2. The van der Waals surface area contributed by atoms with Crippen molar-refractivity contribution in [3.8, 4) is 0 Å². The summed E-state index contributed by atoms with van der Waals surface area (Å²) in [5, 5.41) is 4.24. The van der Waals surface area contributed by atoms with E-state index >= 15 is 0 Å². The van der Waals surface area contributed by atoms with Gasteiger partial charge in [-0.3, -0.25) is 14.6 Å². The number of rotatable bonds is 3. The maximum Gasteiger partial charge on any atom is 0.274 e. The Bertz CT molecular complexity index is 1010. The monoisotopic (exact) mass is 335 g/mol. The van der Waals surface area contributed by atoms with Crippen LogP contribution in [0.2, 0.25) is 0 Å². The Morgan fingerprint density at radius 3 is 2.72 bits per heavy atom. The summed E-state index contributed by atoms with van der Waals surface area (Å²) in [4.78, 5) is 34.7. The molecule has 0 aliphatic carbocycles. The van der Waals surface area contributed by atoms with Crippen LogP contribution in [0, 0.1) is 12.8 Å². The van der Waals surface area contributed by atoms with Gasteiger partial charge in [-0.2, -0.15) is 5.10 Å². The summed E-state index contributed by atoms with van der Waals surface area (Å²) in [7, 11) is 0. The lowest BCUT2D eigenvalue weighted by atomic mass is 10.00. The van der Waals surface area contributed by atoms with Crippen LogP contribution in [0.5, 0.6) is 0 Å². The molecule has 0 N–H and O–H groups in total. The topological polar surface area (TPSA) is 81.0 Å². The molecule has 1 aliphatic rings. The summed E-state index contributed by atoms with van der Waals surface area (Å²) in [6, 6.07) is 10.7. The molecule has 4 rings (SSSR count). The average Bonchev–Trinajstić information content (AvgIpc) is 2.59. The van der Waals surface area contributed by atoms with E-state index < -0.39 is 0 Å². The molecule has 2 aromatic heterocycles. The predicted molar refractivity (Wildman–Crippen MR) is 92.2 cm³/mol. The van der Waals surface area contributed by atoms with E-state index in [1.54, 1.807) is 11.0 Å². The molecular weight excluding hydrogens is 318 g/mol. The largest absolute Gasteiger partial charge is 0.336 e. The number of aromatic nitrogens is 4. The van der Waals surface area contributed by atoms with Crippen molar-refractivity contribution in [1.29, 1.82) is 0 Å². The Morgan fingerprint density at radius 1 is 1.16 bits per heavy atom. The minimum Gasteiger partial charge on any atom is -0.336 e. The van der Waals surface area contributed by atoms with Gasteiger partial charge in [-0.25, -0.2) is 9.67 Å². The molecule has 7 nitrogen and oxygen atoms in total. The second-order valence-corrected chi connectivity index (χ2v) is 6.32. The van der Waals surface area contributed by atoms with E-state index in [-0.39, 0.29) is 17.4 Å². The Balaban J connectivity index is 1.43. The van der Waals surface area contributed by atoms with Crippen molar-refractivity contribution in [3.63, 3.8) is 0 Å². The first kappa shape index (κ1) is 15.4. The first-order chi connectivity index (χ1) is 12.1. The van der Waals surface area contributed by atoms with Crippen LogP contribution < -0.4 is 5.56 Å². The van der Waals surface area contributed by atoms with E-state index in [0.29, 0.717) is 30.8 Å². The van der Waals surface area contributed by atoms with Gasteiger partial charge in [0.15, 0.2) is 0 Å². The van der Waals surface area contributed by atoms with E-state index in [0.717, 1.165) is 11.2 Å². The van der Waals surface area contributed by atoms with Crippen LogP contribution in [-0.2, 0) is 6.54 Å². The van der Waals surface area contributed by atoms with Crippen molar-refractivity contribution in [3.05, 3.63) is 64.3 Å². The number of nitrogens with zero attached hydrogens (tertiary/aromatic N) is 5. The van der Waals surface area contributed by atoms with Crippen molar-refractivity contribution in [2.24, 2.45) is 5.92 Å². The van der Waals surface area contributed by atoms with Crippen LogP contribution >= 0.6 is 0 Å². The van der Waals surface area contributed by atoms with Gasteiger partial charge < -0.3 is 4.90 Å². The highest BCUT2D eigenvalue weighted by molar-refractivity contribution is 5.94. The molecule has 1 amide bonds. The number of para-hydroxylation sites is 2. The predicted octanol–water partition coefficient (Wildman–Crippen LogP) is 1.27. The van der Waals surface area contributed by atoms with Crippen molar-refractivity contribution in [2.75, 3.05) is 13.1 Å². The first-order valence-electron chi connectivity index (χ1n) is 8.16. The van der Waals surface area contributed by atoms with E-state index in [9.17, 15) is 9.59 Å². The van der Waals surface area contributed by atoms with Crippen LogP contribution in [0.25, 0.3) is 11.0 Å². The fraction of sp³-hybridized carbons (Fsp3) is 0.278. The number of likely N-dealkylation sites (tertiary alicyclic amines) is 1. The fourth-order valence-electron chi connectivity index (χ4n) is 3.00. The van der Waals surface area contributed by atoms with Gasteiger partial charge >= 0.3 is 0 Å². The van der Waals surface area contributed by atoms with E-state index in [1.165, 1.54) is 16.9 Å². The maximum atomic E-state index is 12.5. The lowest BCUT2D eigenvalue weighted by molar-refractivity contribution is 0.0452. The highest BCUT2D eigenvalue weighted by Crippen LogP contribution is 2.19. The molecule has 126 valence electrons. The van der Waals surface area contributed by atoms with Crippen LogP contribution in [-0.4, -0.2) is 43.6 Å². The fourth-order valence-corrected chi connectivity index (χ4v) is 3.00. The van der Waals surface area contributed by atoms with Crippen LogP contribution in [0.15, 0.2) is 47.4 Å². The Kier molecular flexibility index (Phi) is 3.76. The highest BCUT2D eigenvalue weighted by Gasteiger charge is 2.32. The first-order valence-corrected chi connectivity index (χ1v) is 8.16. The van der Waals surface area contributed by atoms with E-state index in [1.807, 2.05) is 31.2 Å². The number of hydrogen-bond donors (Lipinski definition) is 0. The average molecular weight is 335 g/mol. The third-order valence-electron chi connectivity index (χ3n) is 4.34. The molecule has 7 heteroatoms. The number of fused-ring (bicyclic) bond motifs is 1. The molecule has 1 saturated heterocycles. The third kappa shape index (κ3) is 3.00. The number of aryl methyl sites for hydroxylation is 1. The zero-order valence-electron chi connectivity index (χ0n) is 13.8. The van der Waals surface area contributed by atoms with Gasteiger partial charge in [-0.15, -0.1) is 0 Å². The van der Waals surface area contributed by atoms with Crippen molar-refractivity contribution in [1.82, 2.24) is 24.6 Å². The summed E-state index contributed by atoms with van der Waals surface area (Å²) >= 11 is 0.